The topological polar surface area (TPSA) is 120 Å². The molecular formula is C14H14N4O3. The minimum atomic E-state index is -0.707. The Hall–Kier alpha value is -3.09. The fraction of sp³-hybridized carbons (Fsp3) is 0.0714. The van der Waals surface area contributed by atoms with Gasteiger partial charge in [-0.3, -0.25) is 9.59 Å². The van der Waals surface area contributed by atoms with Gasteiger partial charge in [-0.25, -0.2) is 4.98 Å². The van der Waals surface area contributed by atoms with Crippen molar-refractivity contribution in [2.75, 3.05) is 11.1 Å². The smallest absolute Gasteiger partial charge is 0.254 e. The second-order valence-corrected chi connectivity index (χ2v) is 4.27. The van der Waals surface area contributed by atoms with Gasteiger partial charge in [-0.05, 0) is 18.2 Å². The number of rotatable bonds is 4. The Morgan fingerprint density at radius 2 is 2.00 bits per heavy atom. The third-order valence-corrected chi connectivity index (χ3v) is 2.54. The molecule has 0 unspecified atom stereocenters. The summed E-state index contributed by atoms with van der Waals surface area (Å²) in [6.45, 7) is 1.38. The number of aromatic nitrogens is 1. The molecule has 7 heteroatoms. The number of nitrogens with zero attached hydrogens (tertiary/aromatic N) is 1. The van der Waals surface area contributed by atoms with Crippen molar-refractivity contribution in [3.05, 3.63) is 42.1 Å². The van der Waals surface area contributed by atoms with Gasteiger partial charge >= 0.3 is 0 Å². The van der Waals surface area contributed by atoms with Crippen LogP contribution in [0, 0.1) is 0 Å². The Balaban J connectivity index is 2.39. The standard InChI is InChI=1S/C14H14N4O3/c1-8(19)18-11-4-2-3-5-12(11)21-14-10(13(16)20)6-9(15)7-17-14/h2-7H,15H2,1H3,(H2,16,20)(H,18,19). The summed E-state index contributed by atoms with van der Waals surface area (Å²) in [4.78, 5) is 26.5. The summed E-state index contributed by atoms with van der Waals surface area (Å²) in [5.74, 6) is -0.588. The van der Waals surface area contributed by atoms with Crippen molar-refractivity contribution < 1.29 is 14.3 Å². The second-order valence-electron chi connectivity index (χ2n) is 4.27. The van der Waals surface area contributed by atoms with E-state index in [0.717, 1.165) is 0 Å². The summed E-state index contributed by atoms with van der Waals surface area (Å²) in [5, 5.41) is 2.62. The van der Waals surface area contributed by atoms with Gasteiger partial charge in [0.05, 0.1) is 17.6 Å². The van der Waals surface area contributed by atoms with E-state index in [0.29, 0.717) is 17.1 Å². The van der Waals surface area contributed by atoms with E-state index in [1.54, 1.807) is 24.3 Å². The SMILES string of the molecule is CC(=O)Nc1ccccc1Oc1ncc(N)cc1C(N)=O. The highest BCUT2D eigenvalue weighted by atomic mass is 16.5. The van der Waals surface area contributed by atoms with E-state index in [-0.39, 0.29) is 17.4 Å². The summed E-state index contributed by atoms with van der Waals surface area (Å²) < 4.78 is 5.58. The number of nitrogen functional groups attached to an aromatic ring is 1. The Morgan fingerprint density at radius 3 is 2.67 bits per heavy atom. The van der Waals surface area contributed by atoms with E-state index in [1.165, 1.54) is 19.2 Å². The van der Waals surface area contributed by atoms with E-state index >= 15 is 0 Å². The summed E-state index contributed by atoms with van der Waals surface area (Å²) >= 11 is 0. The Morgan fingerprint density at radius 1 is 1.29 bits per heavy atom. The molecule has 0 aliphatic carbocycles. The number of hydrogen-bond acceptors (Lipinski definition) is 5. The largest absolute Gasteiger partial charge is 0.436 e. The summed E-state index contributed by atoms with van der Waals surface area (Å²) in [7, 11) is 0. The molecule has 2 amide bonds. The molecule has 108 valence electrons. The number of primary amides is 1. The first-order chi connectivity index (χ1) is 9.97. The minimum absolute atomic E-state index is 0.0227. The van der Waals surface area contributed by atoms with Crippen molar-refractivity contribution in [2.24, 2.45) is 5.73 Å². The number of para-hydroxylation sites is 2. The first kappa shape index (κ1) is 14.3. The molecule has 0 saturated carbocycles. The van der Waals surface area contributed by atoms with Crippen LogP contribution < -0.4 is 21.5 Å². The summed E-state index contributed by atoms with van der Waals surface area (Å²) in [6, 6.07) is 8.14. The van der Waals surface area contributed by atoms with Gasteiger partial charge in [0.2, 0.25) is 11.8 Å². The molecule has 0 radical (unpaired) electrons. The predicted octanol–water partition coefficient (Wildman–Crippen LogP) is 1.51. The molecule has 0 saturated heterocycles. The van der Waals surface area contributed by atoms with Crippen molar-refractivity contribution in [3.63, 3.8) is 0 Å². The average molecular weight is 286 g/mol. The molecule has 2 aromatic rings. The van der Waals surface area contributed by atoms with Gasteiger partial charge < -0.3 is 21.5 Å². The number of carbonyl (C=O) groups is 2. The lowest BCUT2D eigenvalue weighted by Crippen LogP contribution is -2.14. The molecule has 0 fully saturated rings. The van der Waals surface area contributed by atoms with E-state index in [2.05, 4.69) is 10.3 Å². The minimum Gasteiger partial charge on any atom is -0.436 e. The first-order valence-corrected chi connectivity index (χ1v) is 6.07. The van der Waals surface area contributed by atoms with E-state index < -0.39 is 5.91 Å². The highest BCUT2D eigenvalue weighted by molar-refractivity contribution is 5.96. The Bertz CT molecular complexity index is 700. The number of amides is 2. The molecule has 7 nitrogen and oxygen atoms in total. The van der Waals surface area contributed by atoms with Crippen molar-refractivity contribution >= 4 is 23.2 Å². The maximum Gasteiger partial charge on any atom is 0.254 e. The quantitative estimate of drug-likeness (QED) is 0.786. The van der Waals surface area contributed by atoms with E-state index in [9.17, 15) is 9.59 Å². The molecule has 21 heavy (non-hydrogen) atoms. The lowest BCUT2D eigenvalue weighted by atomic mass is 10.2. The molecule has 1 aromatic heterocycles. The molecular weight excluding hydrogens is 272 g/mol. The zero-order chi connectivity index (χ0) is 15.4. The van der Waals surface area contributed by atoms with Gasteiger partial charge in [0, 0.05) is 6.92 Å². The zero-order valence-electron chi connectivity index (χ0n) is 11.3. The number of pyridine rings is 1. The van der Waals surface area contributed by atoms with Gasteiger partial charge in [-0.15, -0.1) is 0 Å². The van der Waals surface area contributed by atoms with Crippen molar-refractivity contribution in [3.8, 4) is 11.6 Å². The molecule has 0 spiro atoms. The van der Waals surface area contributed by atoms with Crippen LogP contribution in [0.5, 0.6) is 11.6 Å². The molecule has 0 atom stereocenters. The highest BCUT2D eigenvalue weighted by Crippen LogP contribution is 2.30. The molecule has 1 aromatic carbocycles. The molecule has 2 rings (SSSR count). The molecule has 5 N–H and O–H groups in total. The fourth-order valence-corrected chi connectivity index (χ4v) is 1.68. The lowest BCUT2D eigenvalue weighted by molar-refractivity contribution is -0.114. The molecule has 0 bridgehead atoms. The van der Waals surface area contributed by atoms with Gasteiger partial charge in [0.1, 0.15) is 5.56 Å². The number of carbonyl (C=O) groups excluding carboxylic acids is 2. The van der Waals surface area contributed by atoms with Gasteiger partial charge in [-0.1, -0.05) is 12.1 Å². The Kier molecular flexibility index (Phi) is 4.03. The van der Waals surface area contributed by atoms with Crippen LogP contribution in [-0.2, 0) is 4.79 Å². The van der Waals surface area contributed by atoms with E-state index in [1.807, 2.05) is 0 Å². The molecule has 0 aliphatic rings. The average Bonchev–Trinajstić information content (AvgIpc) is 2.42. The maximum atomic E-state index is 11.4. The normalized spacial score (nSPS) is 9.95. The number of nitrogens with one attached hydrogen (secondary N) is 1. The predicted molar refractivity (Wildman–Crippen MR) is 78.0 cm³/mol. The van der Waals surface area contributed by atoms with Crippen LogP contribution in [0.1, 0.15) is 17.3 Å². The van der Waals surface area contributed by atoms with Crippen LogP contribution in [0.4, 0.5) is 11.4 Å². The second kappa shape index (κ2) is 5.91. The number of nitrogens with two attached hydrogens (primary N) is 2. The van der Waals surface area contributed by atoms with Crippen LogP contribution in [0.3, 0.4) is 0 Å². The van der Waals surface area contributed by atoms with Gasteiger partial charge in [0.15, 0.2) is 5.75 Å². The van der Waals surface area contributed by atoms with Crippen LogP contribution in [0.2, 0.25) is 0 Å². The van der Waals surface area contributed by atoms with Gasteiger partial charge in [0.25, 0.3) is 5.91 Å². The number of anilines is 2. The highest BCUT2D eigenvalue weighted by Gasteiger charge is 2.14. The molecule has 1 heterocycles. The fourth-order valence-electron chi connectivity index (χ4n) is 1.68. The number of hydrogen-bond donors (Lipinski definition) is 3. The van der Waals surface area contributed by atoms with Crippen LogP contribution in [0.15, 0.2) is 36.5 Å². The van der Waals surface area contributed by atoms with Gasteiger partial charge in [-0.2, -0.15) is 0 Å². The number of ether oxygens (including phenoxy) is 1. The zero-order valence-corrected chi connectivity index (χ0v) is 11.3. The number of benzene rings is 1. The van der Waals surface area contributed by atoms with Crippen LogP contribution >= 0.6 is 0 Å². The van der Waals surface area contributed by atoms with E-state index in [4.69, 9.17) is 16.2 Å². The lowest BCUT2D eigenvalue weighted by Gasteiger charge is -2.12. The van der Waals surface area contributed by atoms with Crippen LogP contribution in [0.25, 0.3) is 0 Å². The van der Waals surface area contributed by atoms with Crippen molar-refractivity contribution in [2.45, 2.75) is 6.92 Å². The first-order valence-electron chi connectivity index (χ1n) is 6.07. The third-order valence-electron chi connectivity index (χ3n) is 2.54. The maximum absolute atomic E-state index is 11.4. The molecule has 0 aliphatic heterocycles. The monoisotopic (exact) mass is 286 g/mol. The van der Waals surface area contributed by atoms with Crippen molar-refractivity contribution in [1.29, 1.82) is 0 Å². The Labute approximate surface area is 120 Å². The van der Waals surface area contributed by atoms with Crippen molar-refractivity contribution in [1.82, 2.24) is 4.98 Å². The summed E-state index contributed by atoms with van der Waals surface area (Å²) in [5.41, 5.74) is 11.7. The van der Waals surface area contributed by atoms with Crippen LogP contribution in [-0.4, -0.2) is 16.8 Å². The third kappa shape index (κ3) is 3.47. The summed E-state index contributed by atoms with van der Waals surface area (Å²) in [6.07, 6.45) is 1.35.